The molecule has 0 saturated carbocycles. The number of aliphatic hydroxyl groups is 1. The van der Waals surface area contributed by atoms with Crippen LogP contribution in [0.2, 0.25) is 0 Å². The van der Waals surface area contributed by atoms with Crippen LogP contribution < -0.4 is 14.2 Å². The van der Waals surface area contributed by atoms with Gasteiger partial charge in [0.05, 0.1) is 18.7 Å². The lowest BCUT2D eigenvalue weighted by atomic mass is 9.95. The molecular weight excluding hydrogens is 412 g/mol. The lowest BCUT2D eigenvalue weighted by Gasteiger charge is -2.26. The number of carbonyl (C=O) groups excluding carboxylic acids is 2. The zero-order valence-corrected chi connectivity index (χ0v) is 18.3. The van der Waals surface area contributed by atoms with Gasteiger partial charge in [0.1, 0.15) is 24.7 Å². The molecule has 2 aromatic rings. The molecule has 1 saturated heterocycles. The summed E-state index contributed by atoms with van der Waals surface area (Å²) in [7, 11) is 5.36. The molecule has 0 aliphatic carbocycles. The minimum atomic E-state index is -0.714. The van der Waals surface area contributed by atoms with Crippen LogP contribution in [0.25, 0.3) is 5.76 Å². The summed E-state index contributed by atoms with van der Waals surface area (Å²) in [6, 6.07) is 11.4. The van der Waals surface area contributed by atoms with E-state index >= 15 is 0 Å². The number of likely N-dealkylation sites (tertiary alicyclic amines) is 1. The van der Waals surface area contributed by atoms with Gasteiger partial charge in [-0.25, -0.2) is 0 Å². The molecule has 0 unspecified atom stereocenters. The Morgan fingerprint density at radius 3 is 2.44 bits per heavy atom. The van der Waals surface area contributed by atoms with Crippen molar-refractivity contribution >= 4 is 17.4 Å². The number of aliphatic hydroxyl groups excluding tert-OH is 1. The Morgan fingerprint density at radius 2 is 1.78 bits per heavy atom. The first-order chi connectivity index (χ1) is 15.4. The monoisotopic (exact) mass is 438 g/mol. The van der Waals surface area contributed by atoms with Gasteiger partial charge in [-0.1, -0.05) is 12.1 Å². The summed E-state index contributed by atoms with van der Waals surface area (Å²) < 4.78 is 16.4. The normalized spacial score (nSPS) is 19.5. The second kappa shape index (κ2) is 8.92. The van der Waals surface area contributed by atoms with Gasteiger partial charge < -0.3 is 29.1 Å². The van der Waals surface area contributed by atoms with Crippen molar-refractivity contribution in [3.63, 3.8) is 0 Å². The highest BCUT2D eigenvalue weighted by Crippen LogP contribution is 2.41. The number of hydrogen-bond acceptors (Lipinski definition) is 7. The number of fused-ring (bicyclic) bond motifs is 1. The topological polar surface area (TPSA) is 88.5 Å². The number of rotatable bonds is 6. The van der Waals surface area contributed by atoms with Crippen molar-refractivity contribution in [2.24, 2.45) is 0 Å². The molecule has 0 spiro atoms. The molecule has 1 amide bonds. The number of ether oxygens (including phenoxy) is 3. The van der Waals surface area contributed by atoms with E-state index in [1.165, 1.54) is 4.90 Å². The third-order valence-corrected chi connectivity index (χ3v) is 5.58. The number of hydrogen-bond donors (Lipinski definition) is 1. The van der Waals surface area contributed by atoms with E-state index in [0.717, 1.165) is 0 Å². The fraction of sp³-hybridized carbons (Fsp3) is 0.333. The van der Waals surface area contributed by atoms with Gasteiger partial charge in [-0.05, 0) is 50.0 Å². The molecule has 2 aromatic carbocycles. The van der Waals surface area contributed by atoms with E-state index in [1.807, 2.05) is 19.0 Å². The van der Waals surface area contributed by atoms with Crippen molar-refractivity contribution in [1.29, 1.82) is 0 Å². The fourth-order valence-electron chi connectivity index (χ4n) is 3.90. The third kappa shape index (κ3) is 4.01. The lowest BCUT2D eigenvalue weighted by Crippen LogP contribution is -2.35. The van der Waals surface area contributed by atoms with Crippen LogP contribution in [0.5, 0.6) is 17.2 Å². The van der Waals surface area contributed by atoms with Crippen molar-refractivity contribution < 1.29 is 28.9 Å². The number of benzene rings is 2. The summed E-state index contributed by atoms with van der Waals surface area (Å²) in [5.41, 5.74) is 1.15. The van der Waals surface area contributed by atoms with E-state index in [1.54, 1.807) is 49.6 Å². The van der Waals surface area contributed by atoms with Gasteiger partial charge in [-0.15, -0.1) is 0 Å². The maximum atomic E-state index is 13.1. The molecule has 8 heteroatoms. The molecular formula is C24H26N2O6. The molecule has 1 fully saturated rings. The quantitative estimate of drug-likeness (QED) is 0.421. The van der Waals surface area contributed by atoms with Crippen LogP contribution in [0, 0.1) is 0 Å². The molecule has 0 bridgehead atoms. The maximum Gasteiger partial charge on any atom is 0.295 e. The van der Waals surface area contributed by atoms with Crippen molar-refractivity contribution in [3.05, 3.63) is 59.2 Å². The van der Waals surface area contributed by atoms with Gasteiger partial charge in [0.25, 0.3) is 11.7 Å². The number of likely N-dealkylation sites (N-methyl/N-ethyl adjacent to an activating group) is 1. The van der Waals surface area contributed by atoms with Crippen LogP contribution in [0.1, 0.15) is 17.2 Å². The van der Waals surface area contributed by atoms with Crippen LogP contribution in [0.3, 0.4) is 0 Å². The summed E-state index contributed by atoms with van der Waals surface area (Å²) >= 11 is 0. The molecule has 0 radical (unpaired) electrons. The largest absolute Gasteiger partial charge is 0.507 e. The van der Waals surface area contributed by atoms with Crippen LogP contribution in [0.15, 0.2) is 48.0 Å². The van der Waals surface area contributed by atoms with Gasteiger partial charge in [0.2, 0.25) is 0 Å². The zero-order chi connectivity index (χ0) is 22.8. The molecule has 2 aliphatic heterocycles. The summed E-state index contributed by atoms with van der Waals surface area (Å²) in [6.07, 6.45) is 0. The highest BCUT2D eigenvalue weighted by atomic mass is 16.6. The molecule has 2 aliphatic rings. The summed E-state index contributed by atoms with van der Waals surface area (Å²) in [6.45, 7) is 1.76. The van der Waals surface area contributed by atoms with E-state index in [-0.39, 0.29) is 11.3 Å². The van der Waals surface area contributed by atoms with Gasteiger partial charge in [-0.3, -0.25) is 9.59 Å². The predicted molar refractivity (Wildman–Crippen MR) is 118 cm³/mol. The highest BCUT2D eigenvalue weighted by Gasteiger charge is 2.46. The van der Waals surface area contributed by atoms with E-state index in [0.29, 0.717) is 54.7 Å². The Morgan fingerprint density at radius 1 is 1.09 bits per heavy atom. The summed E-state index contributed by atoms with van der Waals surface area (Å²) in [5, 5.41) is 11.2. The van der Waals surface area contributed by atoms with E-state index in [4.69, 9.17) is 14.2 Å². The average molecular weight is 438 g/mol. The molecule has 1 atom stereocenters. The Hall–Kier alpha value is -3.52. The summed E-state index contributed by atoms with van der Waals surface area (Å²) in [5.74, 6) is 0.136. The van der Waals surface area contributed by atoms with Gasteiger partial charge in [0.15, 0.2) is 11.5 Å². The number of methoxy groups -OCH3 is 1. The first-order valence-corrected chi connectivity index (χ1v) is 10.4. The van der Waals surface area contributed by atoms with Crippen molar-refractivity contribution in [2.75, 3.05) is 47.5 Å². The third-order valence-electron chi connectivity index (χ3n) is 5.58. The Bertz CT molecular complexity index is 1060. The maximum absolute atomic E-state index is 13.1. The van der Waals surface area contributed by atoms with E-state index in [2.05, 4.69) is 0 Å². The highest BCUT2D eigenvalue weighted by molar-refractivity contribution is 6.46. The molecule has 8 nitrogen and oxygen atoms in total. The molecule has 1 N–H and O–H groups in total. The van der Waals surface area contributed by atoms with E-state index in [9.17, 15) is 14.7 Å². The Kier molecular flexibility index (Phi) is 6.05. The van der Waals surface area contributed by atoms with Crippen LogP contribution in [-0.2, 0) is 9.59 Å². The number of Topliss-reactive ketones (excluding diaryl/α,β-unsaturated/α-hetero) is 1. The second-order valence-electron chi connectivity index (χ2n) is 7.93. The fourth-order valence-corrected chi connectivity index (χ4v) is 3.90. The molecule has 4 rings (SSSR count). The number of amides is 1. The van der Waals surface area contributed by atoms with Crippen molar-refractivity contribution in [1.82, 2.24) is 9.80 Å². The SMILES string of the molecule is COc1ccc([C@@H]2C(=C(O)c3ccc4c(c3)OCCO4)C(=O)C(=O)N2CCN(C)C)cc1. The average Bonchev–Trinajstić information content (AvgIpc) is 3.06. The van der Waals surface area contributed by atoms with Gasteiger partial charge >= 0.3 is 0 Å². The smallest absolute Gasteiger partial charge is 0.295 e. The van der Waals surface area contributed by atoms with Gasteiger partial charge in [0, 0.05) is 18.7 Å². The molecule has 32 heavy (non-hydrogen) atoms. The van der Waals surface area contributed by atoms with Crippen molar-refractivity contribution in [3.8, 4) is 17.2 Å². The Balaban J connectivity index is 1.81. The molecule has 168 valence electrons. The minimum Gasteiger partial charge on any atom is -0.507 e. The summed E-state index contributed by atoms with van der Waals surface area (Å²) in [4.78, 5) is 29.5. The zero-order valence-electron chi connectivity index (χ0n) is 18.3. The number of ketones is 1. The van der Waals surface area contributed by atoms with Crippen LogP contribution in [-0.4, -0.2) is 74.1 Å². The second-order valence-corrected chi connectivity index (χ2v) is 7.93. The Labute approximate surface area is 186 Å². The lowest BCUT2D eigenvalue weighted by molar-refractivity contribution is -0.140. The first kappa shape index (κ1) is 21.7. The predicted octanol–water partition coefficient (Wildman–Crippen LogP) is 2.45. The van der Waals surface area contributed by atoms with Crippen molar-refractivity contribution in [2.45, 2.75) is 6.04 Å². The first-order valence-electron chi connectivity index (χ1n) is 10.4. The molecule has 0 aromatic heterocycles. The van der Waals surface area contributed by atoms with Gasteiger partial charge in [-0.2, -0.15) is 0 Å². The molecule has 2 heterocycles. The standard InChI is InChI=1S/C24H26N2O6/c1-25(2)10-11-26-21(15-4-7-17(30-3)8-5-15)20(23(28)24(26)29)22(27)16-6-9-18-19(14-16)32-13-12-31-18/h4-9,14,21,27H,10-13H2,1-3H3/t21-/m1/s1. The number of nitrogens with zero attached hydrogens (tertiary/aromatic N) is 2. The van der Waals surface area contributed by atoms with Crippen LogP contribution in [0.4, 0.5) is 0 Å². The van der Waals surface area contributed by atoms with Crippen LogP contribution >= 0.6 is 0 Å². The number of carbonyl (C=O) groups is 2. The van der Waals surface area contributed by atoms with E-state index < -0.39 is 17.7 Å². The minimum absolute atomic E-state index is 0.0515.